The van der Waals surface area contributed by atoms with Gasteiger partial charge in [-0.15, -0.1) is 0 Å². The number of anilines is 2. The molecule has 0 saturated carbocycles. The molecular formula is C30H33N5O3. The number of hydrogen-bond acceptors (Lipinski definition) is 6. The van der Waals surface area contributed by atoms with Gasteiger partial charge in [-0.05, 0) is 41.5 Å². The van der Waals surface area contributed by atoms with E-state index in [9.17, 15) is 9.59 Å². The lowest BCUT2D eigenvalue weighted by Crippen LogP contribution is -2.42. The molecular weight excluding hydrogens is 478 g/mol. The van der Waals surface area contributed by atoms with Crippen molar-refractivity contribution in [2.75, 3.05) is 63.2 Å². The molecule has 0 radical (unpaired) electrons. The van der Waals surface area contributed by atoms with E-state index in [1.54, 1.807) is 11.9 Å². The summed E-state index contributed by atoms with van der Waals surface area (Å²) in [6.07, 6.45) is 0. The van der Waals surface area contributed by atoms with Crippen molar-refractivity contribution in [3.05, 3.63) is 90.0 Å². The van der Waals surface area contributed by atoms with E-state index in [-0.39, 0.29) is 18.4 Å². The van der Waals surface area contributed by atoms with Gasteiger partial charge in [0.2, 0.25) is 11.8 Å². The predicted molar refractivity (Wildman–Crippen MR) is 150 cm³/mol. The summed E-state index contributed by atoms with van der Waals surface area (Å²) in [4.78, 5) is 34.6. The first kappa shape index (κ1) is 25.8. The average Bonchev–Trinajstić information content (AvgIpc) is 3.30. The molecule has 3 aromatic rings. The van der Waals surface area contributed by atoms with E-state index in [4.69, 9.17) is 9.73 Å². The Labute approximate surface area is 223 Å². The first-order valence-corrected chi connectivity index (χ1v) is 13.0. The van der Waals surface area contributed by atoms with Gasteiger partial charge >= 0.3 is 0 Å². The maximum absolute atomic E-state index is 13.0. The van der Waals surface area contributed by atoms with Crippen molar-refractivity contribution in [3.8, 4) is 0 Å². The molecule has 2 heterocycles. The van der Waals surface area contributed by atoms with Crippen LogP contribution in [0.5, 0.6) is 0 Å². The quantitative estimate of drug-likeness (QED) is 0.340. The van der Waals surface area contributed by atoms with E-state index in [1.807, 2.05) is 78.9 Å². The Balaban J connectivity index is 1.28. The standard InChI is InChI=1S/C30H33N5O3/c1-34(27(36)21-31-15-16-35-17-19-38-20-18-35)24-13-11-23(12-14-24)32-29(22-7-3-2-4-8-22)28-25-9-5-6-10-26(25)33-30(28)37/h2-14,28,31H,15-21H2,1H3,(H,33,37). The third kappa shape index (κ3) is 5.99. The number of nitrogens with one attached hydrogen (secondary N) is 2. The highest BCUT2D eigenvalue weighted by molar-refractivity contribution is 6.24. The molecule has 2 aliphatic heterocycles. The lowest BCUT2D eigenvalue weighted by molar-refractivity contribution is -0.117. The van der Waals surface area contributed by atoms with Crippen LogP contribution in [0.15, 0.2) is 83.9 Å². The molecule has 1 fully saturated rings. The highest BCUT2D eigenvalue weighted by Crippen LogP contribution is 2.36. The average molecular weight is 512 g/mol. The molecule has 3 aromatic carbocycles. The number of fused-ring (bicyclic) bond motifs is 1. The Morgan fingerprint density at radius 3 is 2.50 bits per heavy atom. The van der Waals surface area contributed by atoms with E-state index in [2.05, 4.69) is 15.5 Å². The van der Waals surface area contributed by atoms with E-state index < -0.39 is 5.92 Å². The summed E-state index contributed by atoms with van der Waals surface area (Å²) in [6, 6.07) is 25.0. The van der Waals surface area contributed by atoms with Crippen LogP contribution in [0.4, 0.5) is 17.1 Å². The van der Waals surface area contributed by atoms with Crippen LogP contribution in [0, 0.1) is 0 Å². The van der Waals surface area contributed by atoms with Gasteiger partial charge in [-0.1, -0.05) is 48.5 Å². The molecule has 1 atom stereocenters. The molecule has 2 aliphatic rings. The number of para-hydroxylation sites is 1. The predicted octanol–water partition coefficient (Wildman–Crippen LogP) is 3.43. The maximum Gasteiger partial charge on any atom is 0.240 e. The largest absolute Gasteiger partial charge is 0.379 e. The summed E-state index contributed by atoms with van der Waals surface area (Å²) in [5.74, 6) is -0.592. The molecule has 38 heavy (non-hydrogen) atoms. The van der Waals surface area contributed by atoms with Crippen molar-refractivity contribution >= 4 is 34.6 Å². The minimum absolute atomic E-state index is 0.00700. The summed E-state index contributed by atoms with van der Waals surface area (Å²) >= 11 is 0. The number of carbonyl (C=O) groups is 2. The summed E-state index contributed by atoms with van der Waals surface area (Å²) in [5, 5.41) is 6.23. The smallest absolute Gasteiger partial charge is 0.240 e. The fourth-order valence-electron chi connectivity index (χ4n) is 4.79. The number of hydrogen-bond donors (Lipinski definition) is 2. The number of ether oxygens (including phenoxy) is 1. The summed E-state index contributed by atoms with van der Waals surface area (Å²) in [5.41, 5.74) is 4.82. The van der Waals surface area contributed by atoms with Crippen molar-refractivity contribution < 1.29 is 14.3 Å². The van der Waals surface area contributed by atoms with Crippen LogP contribution in [-0.2, 0) is 14.3 Å². The number of benzene rings is 3. The molecule has 2 amide bonds. The van der Waals surface area contributed by atoms with Gasteiger partial charge in [-0.3, -0.25) is 19.5 Å². The molecule has 0 aromatic heterocycles. The van der Waals surface area contributed by atoms with E-state index >= 15 is 0 Å². The first-order valence-electron chi connectivity index (χ1n) is 13.0. The first-order chi connectivity index (χ1) is 18.6. The number of carbonyl (C=O) groups excluding carboxylic acids is 2. The SMILES string of the molecule is CN(C(=O)CNCCN1CCOCC1)c1ccc(N=C(c2ccccc2)C2C(=O)Nc3ccccc32)cc1. The molecule has 1 unspecified atom stereocenters. The number of morpholine rings is 1. The molecule has 5 rings (SSSR count). The molecule has 0 aliphatic carbocycles. The minimum atomic E-state index is -0.499. The zero-order chi connectivity index (χ0) is 26.3. The van der Waals surface area contributed by atoms with Gasteiger partial charge < -0.3 is 20.3 Å². The second-order valence-corrected chi connectivity index (χ2v) is 9.47. The number of likely N-dealkylation sites (N-methyl/N-ethyl adjacent to an activating group) is 1. The van der Waals surface area contributed by atoms with Crippen LogP contribution in [0.25, 0.3) is 0 Å². The van der Waals surface area contributed by atoms with Crippen molar-refractivity contribution in [1.29, 1.82) is 0 Å². The van der Waals surface area contributed by atoms with Crippen LogP contribution in [0.3, 0.4) is 0 Å². The number of aliphatic imine (C=N–C) groups is 1. The zero-order valence-corrected chi connectivity index (χ0v) is 21.6. The fraction of sp³-hybridized carbons (Fsp3) is 0.300. The normalized spacial score (nSPS) is 17.7. The van der Waals surface area contributed by atoms with Crippen molar-refractivity contribution in [2.45, 2.75) is 5.92 Å². The van der Waals surface area contributed by atoms with Gasteiger partial charge in [0, 0.05) is 44.6 Å². The Kier molecular flexibility index (Phi) is 8.23. The Hall–Kier alpha value is -3.85. The summed E-state index contributed by atoms with van der Waals surface area (Å²) in [7, 11) is 1.78. The van der Waals surface area contributed by atoms with Gasteiger partial charge in [-0.25, -0.2) is 0 Å². The Morgan fingerprint density at radius 2 is 1.74 bits per heavy atom. The lowest BCUT2D eigenvalue weighted by Gasteiger charge is -2.26. The van der Waals surface area contributed by atoms with Crippen LogP contribution in [0.1, 0.15) is 17.0 Å². The molecule has 8 nitrogen and oxygen atoms in total. The summed E-state index contributed by atoms with van der Waals surface area (Å²) < 4.78 is 5.37. The molecule has 8 heteroatoms. The van der Waals surface area contributed by atoms with Gasteiger partial charge in [0.05, 0.1) is 31.2 Å². The molecule has 2 N–H and O–H groups in total. The topological polar surface area (TPSA) is 86.3 Å². The van der Waals surface area contributed by atoms with Gasteiger partial charge in [-0.2, -0.15) is 0 Å². The molecule has 1 saturated heterocycles. The molecule has 0 spiro atoms. The number of amides is 2. The van der Waals surface area contributed by atoms with Crippen LogP contribution >= 0.6 is 0 Å². The van der Waals surface area contributed by atoms with Crippen molar-refractivity contribution in [2.24, 2.45) is 4.99 Å². The highest BCUT2D eigenvalue weighted by atomic mass is 16.5. The number of rotatable bonds is 9. The fourth-order valence-corrected chi connectivity index (χ4v) is 4.79. The number of nitrogens with zero attached hydrogens (tertiary/aromatic N) is 3. The van der Waals surface area contributed by atoms with E-state index in [1.165, 1.54) is 0 Å². The third-order valence-electron chi connectivity index (χ3n) is 6.98. The van der Waals surface area contributed by atoms with Crippen LogP contribution < -0.4 is 15.5 Å². The monoisotopic (exact) mass is 511 g/mol. The van der Waals surface area contributed by atoms with E-state index in [0.717, 1.165) is 61.9 Å². The Bertz CT molecular complexity index is 1290. The molecule has 196 valence electrons. The highest BCUT2D eigenvalue weighted by Gasteiger charge is 2.35. The second-order valence-electron chi connectivity index (χ2n) is 9.47. The van der Waals surface area contributed by atoms with Crippen molar-refractivity contribution in [1.82, 2.24) is 10.2 Å². The van der Waals surface area contributed by atoms with Gasteiger partial charge in [0.1, 0.15) is 5.92 Å². The minimum Gasteiger partial charge on any atom is -0.379 e. The summed E-state index contributed by atoms with van der Waals surface area (Å²) in [6.45, 7) is 5.36. The van der Waals surface area contributed by atoms with Gasteiger partial charge in [0.25, 0.3) is 0 Å². The van der Waals surface area contributed by atoms with Gasteiger partial charge in [0.15, 0.2) is 0 Å². The van der Waals surface area contributed by atoms with Crippen LogP contribution in [-0.4, -0.2) is 75.4 Å². The third-order valence-corrected chi connectivity index (χ3v) is 6.98. The lowest BCUT2D eigenvalue weighted by atomic mass is 9.90. The zero-order valence-electron chi connectivity index (χ0n) is 21.6. The second kappa shape index (κ2) is 12.1. The van der Waals surface area contributed by atoms with E-state index in [0.29, 0.717) is 11.4 Å². The Morgan fingerprint density at radius 1 is 1.03 bits per heavy atom. The van der Waals surface area contributed by atoms with Crippen molar-refractivity contribution in [3.63, 3.8) is 0 Å². The molecule has 0 bridgehead atoms. The maximum atomic E-state index is 13.0. The van der Waals surface area contributed by atoms with Crippen LogP contribution in [0.2, 0.25) is 0 Å².